The Balaban J connectivity index is 2.58. The van der Waals surface area contributed by atoms with Crippen molar-refractivity contribution in [2.75, 3.05) is 0 Å². The van der Waals surface area contributed by atoms with Crippen LogP contribution in [0.3, 0.4) is 0 Å². The molecular formula is C10H14O3. The van der Waals surface area contributed by atoms with E-state index in [0.29, 0.717) is 12.0 Å². The maximum absolute atomic E-state index is 11.4. The second-order valence-corrected chi connectivity index (χ2v) is 3.24. The van der Waals surface area contributed by atoms with E-state index in [0.717, 1.165) is 25.7 Å². The summed E-state index contributed by atoms with van der Waals surface area (Å²) in [7, 11) is 0. The van der Waals surface area contributed by atoms with Crippen molar-refractivity contribution in [2.24, 2.45) is 0 Å². The molecule has 0 N–H and O–H groups in total. The molecule has 0 saturated heterocycles. The van der Waals surface area contributed by atoms with Gasteiger partial charge in [0.25, 0.3) is 0 Å². The van der Waals surface area contributed by atoms with Crippen LogP contribution in [-0.2, 0) is 14.3 Å². The van der Waals surface area contributed by atoms with Gasteiger partial charge < -0.3 is 4.74 Å². The van der Waals surface area contributed by atoms with Crippen molar-refractivity contribution in [3.05, 3.63) is 11.8 Å². The van der Waals surface area contributed by atoms with Crippen LogP contribution in [0.25, 0.3) is 0 Å². The third kappa shape index (κ3) is 3.40. The molecule has 1 aliphatic rings. The number of esters is 1. The van der Waals surface area contributed by atoms with Crippen molar-refractivity contribution in [3.8, 4) is 0 Å². The van der Waals surface area contributed by atoms with Crippen LogP contribution in [0.2, 0.25) is 0 Å². The minimum Gasteiger partial charge on any atom is -0.434 e. The summed E-state index contributed by atoms with van der Waals surface area (Å²) in [5, 5.41) is 0. The van der Waals surface area contributed by atoms with Gasteiger partial charge in [0.2, 0.25) is 0 Å². The number of allylic oxidation sites excluding steroid dienone is 1. The predicted molar refractivity (Wildman–Crippen MR) is 47.9 cm³/mol. The van der Waals surface area contributed by atoms with E-state index in [2.05, 4.69) is 4.74 Å². The van der Waals surface area contributed by atoms with Gasteiger partial charge in [-0.25, -0.2) is 0 Å². The maximum Gasteiger partial charge on any atom is 0.307 e. The summed E-state index contributed by atoms with van der Waals surface area (Å²) in [5.41, 5.74) is 0.660. The molecule has 3 nitrogen and oxygen atoms in total. The van der Waals surface area contributed by atoms with Crippen LogP contribution in [0.15, 0.2) is 11.8 Å². The SMILES string of the molecule is CC(=O)O/C=C1/CCCCCC1=O. The number of hydrogen-bond donors (Lipinski definition) is 0. The highest BCUT2D eigenvalue weighted by molar-refractivity contribution is 5.95. The number of Topliss-reactive ketones (excluding diaryl/α,β-unsaturated/α-hetero) is 1. The van der Waals surface area contributed by atoms with Crippen molar-refractivity contribution in [3.63, 3.8) is 0 Å². The lowest BCUT2D eigenvalue weighted by molar-refractivity contribution is -0.135. The second-order valence-electron chi connectivity index (χ2n) is 3.24. The molecule has 0 unspecified atom stereocenters. The van der Waals surface area contributed by atoms with Crippen molar-refractivity contribution >= 4 is 11.8 Å². The Morgan fingerprint density at radius 2 is 2.00 bits per heavy atom. The number of carbonyl (C=O) groups excluding carboxylic acids is 2. The average molecular weight is 182 g/mol. The first-order valence-corrected chi connectivity index (χ1v) is 4.59. The standard InChI is InChI=1S/C10H14O3/c1-8(11)13-7-9-5-3-2-4-6-10(9)12/h7H,2-6H2,1H3/b9-7-. The molecule has 0 heterocycles. The van der Waals surface area contributed by atoms with Gasteiger partial charge in [-0.3, -0.25) is 9.59 Å². The first-order valence-electron chi connectivity index (χ1n) is 4.59. The molecule has 0 spiro atoms. The lowest BCUT2D eigenvalue weighted by atomic mass is 10.1. The molecule has 13 heavy (non-hydrogen) atoms. The number of ketones is 1. The molecule has 1 rings (SSSR count). The van der Waals surface area contributed by atoms with Crippen LogP contribution in [0.5, 0.6) is 0 Å². The van der Waals surface area contributed by atoms with Gasteiger partial charge in [-0.05, 0) is 19.3 Å². The van der Waals surface area contributed by atoms with Gasteiger partial charge in [0, 0.05) is 18.9 Å². The van der Waals surface area contributed by atoms with Gasteiger partial charge in [-0.15, -0.1) is 0 Å². The highest BCUT2D eigenvalue weighted by Gasteiger charge is 2.13. The first kappa shape index (κ1) is 9.96. The number of ether oxygens (including phenoxy) is 1. The molecule has 3 heteroatoms. The summed E-state index contributed by atoms with van der Waals surface area (Å²) in [6.07, 6.45) is 5.70. The molecule has 0 aromatic heterocycles. The molecule has 0 bridgehead atoms. The van der Waals surface area contributed by atoms with Crippen LogP contribution in [0.1, 0.15) is 39.0 Å². The smallest absolute Gasteiger partial charge is 0.307 e. The Kier molecular flexibility index (Phi) is 3.68. The Morgan fingerprint density at radius 3 is 2.69 bits per heavy atom. The molecule has 0 atom stereocenters. The average Bonchev–Trinajstić information content (AvgIpc) is 2.27. The normalized spacial score (nSPS) is 21.3. The summed E-state index contributed by atoms with van der Waals surface area (Å²) in [4.78, 5) is 21.9. The summed E-state index contributed by atoms with van der Waals surface area (Å²) >= 11 is 0. The fraction of sp³-hybridized carbons (Fsp3) is 0.600. The zero-order valence-corrected chi connectivity index (χ0v) is 7.84. The lowest BCUT2D eigenvalue weighted by Gasteiger charge is -2.00. The molecule has 72 valence electrons. The maximum atomic E-state index is 11.4. The number of hydrogen-bond acceptors (Lipinski definition) is 3. The molecule has 0 aromatic rings. The highest BCUT2D eigenvalue weighted by atomic mass is 16.5. The van der Waals surface area contributed by atoms with Gasteiger partial charge in [0.15, 0.2) is 5.78 Å². The van der Waals surface area contributed by atoms with Crippen LogP contribution >= 0.6 is 0 Å². The quantitative estimate of drug-likeness (QED) is 0.269. The molecule has 0 aliphatic heterocycles. The Hall–Kier alpha value is -1.12. The Bertz CT molecular complexity index is 241. The van der Waals surface area contributed by atoms with Gasteiger partial charge in [0.05, 0.1) is 0 Å². The van der Waals surface area contributed by atoms with E-state index in [-0.39, 0.29) is 11.8 Å². The van der Waals surface area contributed by atoms with Crippen LogP contribution in [0, 0.1) is 0 Å². The second kappa shape index (κ2) is 4.80. The van der Waals surface area contributed by atoms with Gasteiger partial charge in [-0.2, -0.15) is 0 Å². The van der Waals surface area contributed by atoms with Crippen LogP contribution in [-0.4, -0.2) is 11.8 Å². The summed E-state index contributed by atoms with van der Waals surface area (Å²) in [6, 6.07) is 0. The minimum absolute atomic E-state index is 0.124. The van der Waals surface area contributed by atoms with E-state index < -0.39 is 0 Å². The monoisotopic (exact) mass is 182 g/mol. The van der Waals surface area contributed by atoms with E-state index in [9.17, 15) is 9.59 Å². The topological polar surface area (TPSA) is 43.4 Å². The van der Waals surface area contributed by atoms with Crippen LogP contribution in [0.4, 0.5) is 0 Å². The predicted octanol–water partition coefficient (Wildman–Crippen LogP) is 1.97. The van der Waals surface area contributed by atoms with Crippen molar-refractivity contribution in [1.82, 2.24) is 0 Å². The van der Waals surface area contributed by atoms with E-state index in [1.807, 2.05) is 0 Å². The highest BCUT2D eigenvalue weighted by Crippen LogP contribution is 2.19. The van der Waals surface area contributed by atoms with Gasteiger partial charge >= 0.3 is 5.97 Å². The van der Waals surface area contributed by atoms with E-state index in [4.69, 9.17) is 0 Å². The summed E-state index contributed by atoms with van der Waals surface area (Å²) < 4.78 is 4.69. The zero-order chi connectivity index (χ0) is 9.68. The number of rotatable bonds is 1. The van der Waals surface area contributed by atoms with Crippen molar-refractivity contribution < 1.29 is 14.3 Å². The Labute approximate surface area is 77.8 Å². The van der Waals surface area contributed by atoms with Gasteiger partial charge in [-0.1, -0.05) is 6.42 Å². The number of carbonyl (C=O) groups is 2. The van der Waals surface area contributed by atoms with E-state index in [1.54, 1.807) is 0 Å². The molecular weight excluding hydrogens is 168 g/mol. The molecule has 1 aliphatic carbocycles. The third-order valence-electron chi connectivity index (χ3n) is 2.08. The van der Waals surface area contributed by atoms with E-state index in [1.165, 1.54) is 13.2 Å². The van der Waals surface area contributed by atoms with Crippen molar-refractivity contribution in [1.29, 1.82) is 0 Å². The fourth-order valence-electron chi connectivity index (χ4n) is 1.36. The molecule has 1 saturated carbocycles. The summed E-state index contributed by atoms with van der Waals surface area (Å²) in [5.74, 6) is -0.247. The molecule has 0 aromatic carbocycles. The Morgan fingerprint density at radius 1 is 1.31 bits per heavy atom. The first-order chi connectivity index (χ1) is 6.20. The molecule has 1 fully saturated rings. The lowest BCUT2D eigenvalue weighted by Crippen LogP contribution is -2.02. The molecule has 0 radical (unpaired) electrons. The van der Waals surface area contributed by atoms with E-state index >= 15 is 0 Å². The largest absolute Gasteiger partial charge is 0.434 e. The summed E-state index contributed by atoms with van der Waals surface area (Å²) in [6.45, 7) is 1.33. The van der Waals surface area contributed by atoms with Crippen LogP contribution < -0.4 is 0 Å². The van der Waals surface area contributed by atoms with Crippen molar-refractivity contribution in [2.45, 2.75) is 39.0 Å². The zero-order valence-electron chi connectivity index (χ0n) is 7.84. The molecule has 0 amide bonds. The fourth-order valence-corrected chi connectivity index (χ4v) is 1.36. The minimum atomic E-state index is -0.371. The van der Waals surface area contributed by atoms with Gasteiger partial charge in [0.1, 0.15) is 6.26 Å². The third-order valence-corrected chi connectivity index (χ3v) is 2.08.